The standard InChI is InChI=1S/C10H20BrNO4S/c1-10(2,17(4,14)15)9(13)12(6-5-11)7-8-16-3/h5-8H2,1-4H3. The van der Waals surface area contributed by atoms with E-state index in [1.807, 2.05) is 0 Å². The molecular weight excluding hydrogens is 310 g/mol. The molecule has 7 heteroatoms. The van der Waals surface area contributed by atoms with Crippen LogP contribution in [0.2, 0.25) is 0 Å². The third-order valence-corrected chi connectivity index (χ3v) is 5.03. The Bertz CT molecular complexity index is 353. The first kappa shape index (κ1) is 16.9. The highest BCUT2D eigenvalue weighted by molar-refractivity contribution is 9.09. The molecule has 5 nitrogen and oxygen atoms in total. The van der Waals surface area contributed by atoms with Crippen molar-refractivity contribution in [1.29, 1.82) is 0 Å². The van der Waals surface area contributed by atoms with Crippen LogP contribution in [0.15, 0.2) is 0 Å². The predicted molar refractivity (Wildman–Crippen MR) is 71.2 cm³/mol. The topological polar surface area (TPSA) is 63.7 Å². The summed E-state index contributed by atoms with van der Waals surface area (Å²) in [7, 11) is -1.90. The van der Waals surface area contributed by atoms with Crippen molar-refractivity contribution in [1.82, 2.24) is 4.90 Å². The van der Waals surface area contributed by atoms with Gasteiger partial charge in [-0.3, -0.25) is 4.79 Å². The first-order valence-electron chi connectivity index (χ1n) is 5.22. The Morgan fingerprint density at radius 1 is 1.35 bits per heavy atom. The molecule has 0 aliphatic rings. The second-order valence-corrected chi connectivity index (χ2v) is 7.61. The van der Waals surface area contributed by atoms with Crippen LogP contribution >= 0.6 is 15.9 Å². The van der Waals surface area contributed by atoms with Crippen molar-refractivity contribution in [3.63, 3.8) is 0 Å². The number of alkyl halides is 1. The van der Waals surface area contributed by atoms with Crippen LogP contribution in [0.25, 0.3) is 0 Å². The number of ether oxygens (including phenoxy) is 1. The molecule has 0 saturated heterocycles. The molecule has 0 aliphatic heterocycles. The minimum absolute atomic E-state index is 0.387. The molecule has 0 heterocycles. The van der Waals surface area contributed by atoms with Gasteiger partial charge in [0.1, 0.15) is 4.75 Å². The summed E-state index contributed by atoms with van der Waals surface area (Å²) in [5, 5.41) is 0.600. The Hall–Kier alpha value is -0.140. The van der Waals surface area contributed by atoms with Gasteiger partial charge in [-0.1, -0.05) is 15.9 Å². The van der Waals surface area contributed by atoms with E-state index in [0.29, 0.717) is 25.0 Å². The van der Waals surface area contributed by atoms with Gasteiger partial charge < -0.3 is 9.64 Å². The smallest absolute Gasteiger partial charge is 0.243 e. The van der Waals surface area contributed by atoms with Crippen molar-refractivity contribution < 1.29 is 17.9 Å². The maximum absolute atomic E-state index is 12.2. The van der Waals surface area contributed by atoms with Crippen molar-refractivity contribution in [3.8, 4) is 0 Å². The van der Waals surface area contributed by atoms with Crippen LogP contribution in [0.5, 0.6) is 0 Å². The fourth-order valence-electron chi connectivity index (χ4n) is 1.16. The lowest BCUT2D eigenvalue weighted by molar-refractivity contribution is -0.133. The van der Waals surface area contributed by atoms with Crippen LogP contribution in [-0.4, -0.2) is 62.4 Å². The van der Waals surface area contributed by atoms with E-state index in [9.17, 15) is 13.2 Å². The molecule has 0 atom stereocenters. The zero-order chi connectivity index (χ0) is 13.7. The third-order valence-electron chi connectivity index (χ3n) is 2.65. The molecule has 0 aromatic heterocycles. The molecule has 0 saturated carbocycles. The molecule has 0 unspecified atom stereocenters. The number of hydrogen-bond acceptors (Lipinski definition) is 4. The number of halogens is 1. The van der Waals surface area contributed by atoms with Crippen molar-refractivity contribution >= 4 is 31.7 Å². The average molecular weight is 330 g/mol. The van der Waals surface area contributed by atoms with Crippen LogP contribution in [0.3, 0.4) is 0 Å². The fraction of sp³-hybridized carbons (Fsp3) is 0.900. The summed E-state index contributed by atoms with van der Waals surface area (Å²) in [6.07, 6.45) is 1.08. The van der Waals surface area contributed by atoms with Gasteiger partial charge in [0.2, 0.25) is 5.91 Å². The van der Waals surface area contributed by atoms with E-state index in [1.165, 1.54) is 18.7 Å². The lowest BCUT2D eigenvalue weighted by atomic mass is 10.1. The quantitative estimate of drug-likeness (QED) is 0.644. The summed E-state index contributed by atoms with van der Waals surface area (Å²) in [4.78, 5) is 13.7. The molecule has 102 valence electrons. The maximum Gasteiger partial charge on any atom is 0.243 e. The number of sulfone groups is 1. The number of carbonyl (C=O) groups is 1. The molecule has 17 heavy (non-hydrogen) atoms. The number of rotatable bonds is 7. The minimum atomic E-state index is -3.44. The van der Waals surface area contributed by atoms with Gasteiger partial charge in [0.15, 0.2) is 9.84 Å². The Balaban J connectivity index is 4.94. The first-order chi connectivity index (χ1) is 7.68. The number of nitrogens with zero attached hydrogens (tertiary/aromatic N) is 1. The van der Waals surface area contributed by atoms with E-state index in [-0.39, 0.29) is 0 Å². The number of amides is 1. The van der Waals surface area contributed by atoms with Gasteiger partial charge >= 0.3 is 0 Å². The van der Waals surface area contributed by atoms with Gasteiger partial charge in [-0.05, 0) is 13.8 Å². The van der Waals surface area contributed by atoms with Gasteiger partial charge in [0.25, 0.3) is 0 Å². The summed E-state index contributed by atoms with van der Waals surface area (Å²) in [5.74, 6) is -0.392. The van der Waals surface area contributed by atoms with E-state index in [0.717, 1.165) is 6.26 Å². The molecule has 0 aromatic rings. The second kappa shape index (κ2) is 6.70. The summed E-state index contributed by atoms with van der Waals surface area (Å²) in [6, 6.07) is 0. The average Bonchev–Trinajstić information content (AvgIpc) is 2.21. The molecule has 0 N–H and O–H groups in total. The fourth-order valence-corrected chi connectivity index (χ4v) is 2.03. The molecule has 1 amide bonds. The maximum atomic E-state index is 12.2. The zero-order valence-electron chi connectivity index (χ0n) is 10.7. The van der Waals surface area contributed by atoms with Gasteiger partial charge in [0, 0.05) is 31.8 Å². The number of methoxy groups -OCH3 is 1. The van der Waals surface area contributed by atoms with Crippen molar-refractivity contribution in [2.24, 2.45) is 0 Å². The highest BCUT2D eigenvalue weighted by Gasteiger charge is 2.40. The van der Waals surface area contributed by atoms with Crippen LogP contribution < -0.4 is 0 Å². The first-order valence-corrected chi connectivity index (χ1v) is 8.23. The lowest BCUT2D eigenvalue weighted by Gasteiger charge is -2.30. The van der Waals surface area contributed by atoms with Gasteiger partial charge in [-0.2, -0.15) is 0 Å². The summed E-state index contributed by atoms with van der Waals surface area (Å²) in [6.45, 7) is 4.09. The molecule has 0 radical (unpaired) electrons. The van der Waals surface area contributed by atoms with Gasteiger partial charge in [-0.15, -0.1) is 0 Å². The highest BCUT2D eigenvalue weighted by Crippen LogP contribution is 2.18. The van der Waals surface area contributed by atoms with E-state index < -0.39 is 20.5 Å². The summed E-state index contributed by atoms with van der Waals surface area (Å²) >= 11 is 3.24. The molecule has 0 spiro atoms. The molecular formula is C10H20BrNO4S. The molecule has 0 aliphatic carbocycles. The predicted octanol–water partition coefficient (Wildman–Crippen LogP) is 0.680. The molecule has 0 aromatic carbocycles. The third kappa shape index (κ3) is 4.56. The van der Waals surface area contributed by atoms with Crippen molar-refractivity contribution in [3.05, 3.63) is 0 Å². The minimum Gasteiger partial charge on any atom is -0.383 e. The largest absolute Gasteiger partial charge is 0.383 e. The highest BCUT2D eigenvalue weighted by atomic mass is 79.9. The van der Waals surface area contributed by atoms with E-state index >= 15 is 0 Å². The van der Waals surface area contributed by atoms with E-state index in [1.54, 1.807) is 7.11 Å². The normalized spacial score (nSPS) is 12.5. The lowest BCUT2D eigenvalue weighted by Crippen LogP contribution is -2.51. The van der Waals surface area contributed by atoms with Crippen LogP contribution in [-0.2, 0) is 19.4 Å². The van der Waals surface area contributed by atoms with Crippen LogP contribution in [0.4, 0.5) is 0 Å². The summed E-state index contributed by atoms with van der Waals surface area (Å²) in [5.41, 5.74) is 0. The summed E-state index contributed by atoms with van der Waals surface area (Å²) < 4.78 is 26.7. The Morgan fingerprint density at radius 3 is 2.24 bits per heavy atom. The molecule has 0 rings (SSSR count). The Kier molecular flexibility index (Phi) is 6.65. The molecule has 0 bridgehead atoms. The Labute approximate surface area is 112 Å². The van der Waals surface area contributed by atoms with Crippen LogP contribution in [0.1, 0.15) is 13.8 Å². The van der Waals surface area contributed by atoms with Crippen molar-refractivity contribution in [2.45, 2.75) is 18.6 Å². The van der Waals surface area contributed by atoms with Crippen molar-refractivity contribution in [2.75, 3.05) is 38.4 Å². The second-order valence-electron chi connectivity index (χ2n) is 4.26. The van der Waals surface area contributed by atoms with Gasteiger partial charge in [-0.25, -0.2) is 8.42 Å². The Morgan fingerprint density at radius 2 is 1.88 bits per heavy atom. The van der Waals surface area contributed by atoms with Crippen LogP contribution in [0, 0.1) is 0 Å². The zero-order valence-corrected chi connectivity index (χ0v) is 13.1. The SMILES string of the molecule is COCCN(CCBr)C(=O)C(C)(C)S(C)(=O)=O. The monoisotopic (exact) mass is 329 g/mol. The molecule has 0 fully saturated rings. The number of carbonyl (C=O) groups excluding carboxylic acids is 1. The number of hydrogen-bond donors (Lipinski definition) is 0. The van der Waals surface area contributed by atoms with Gasteiger partial charge in [0.05, 0.1) is 6.61 Å². The van der Waals surface area contributed by atoms with E-state index in [4.69, 9.17) is 4.74 Å². The van der Waals surface area contributed by atoms with E-state index in [2.05, 4.69) is 15.9 Å².